The van der Waals surface area contributed by atoms with E-state index in [1.165, 1.54) is 11.3 Å². The summed E-state index contributed by atoms with van der Waals surface area (Å²) in [6.45, 7) is 2.01. The lowest BCUT2D eigenvalue weighted by molar-refractivity contribution is -0.116. The van der Waals surface area contributed by atoms with Crippen LogP contribution in [0.25, 0.3) is 10.1 Å². The lowest BCUT2D eigenvalue weighted by atomic mass is 10.2. The minimum absolute atomic E-state index is 0.0187. The molecule has 0 aliphatic rings. The average molecular weight is 432 g/mol. The monoisotopic (exact) mass is 432 g/mol. The molecule has 1 aromatic heterocycles. The van der Waals surface area contributed by atoms with Gasteiger partial charge in [-0.25, -0.2) is 13.6 Å². The van der Waals surface area contributed by atoms with Crippen molar-refractivity contribution in [2.24, 2.45) is 0 Å². The van der Waals surface area contributed by atoms with Gasteiger partial charge in [0.05, 0.1) is 12.2 Å². The van der Waals surface area contributed by atoms with E-state index in [-0.39, 0.29) is 24.4 Å². The van der Waals surface area contributed by atoms with Gasteiger partial charge < -0.3 is 15.4 Å². The summed E-state index contributed by atoms with van der Waals surface area (Å²) in [4.78, 5) is 36.4. The van der Waals surface area contributed by atoms with Gasteiger partial charge in [-0.2, -0.15) is 0 Å². The van der Waals surface area contributed by atoms with Crippen LogP contribution in [0.15, 0.2) is 42.5 Å². The van der Waals surface area contributed by atoms with Crippen molar-refractivity contribution >= 4 is 44.9 Å². The highest BCUT2D eigenvalue weighted by atomic mass is 32.1. The summed E-state index contributed by atoms with van der Waals surface area (Å²) in [5.74, 6) is -3.22. The predicted octanol–water partition coefficient (Wildman–Crippen LogP) is 4.11. The molecule has 0 radical (unpaired) electrons. The first-order chi connectivity index (χ1) is 14.4. The maximum Gasteiger partial charge on any atom is 0.348 e. The normalized spacial score (nSPS) is 10.6. The standard InChI is InChI=1S/C21H18F2N2O4S/c1-2-29-21(28)18-10-12-9-14(4-6-17(12)30-18)25-19(26)7-8-24-20(27)15-5-3-13(22)11-16(15)23/h3-6,9-11H,2,7-8H2,1H3,(H,24,27)(H,25,26). The lowest BCUT2D eigenvalue weighted by Gasteiger charge is -2.07. The number of thiophene rings is 1. The van der Waals surface area contributed by atoms with Gasteiger partial charge in [-0.1, -0.05) is 0 Å². The van der Waals surface area contributed by atoms with Crippen molar-refractivity contribution in [1.29, 1.82) is 0 Å². The molecule has 3 aromatic rings. The fourth-order valence-corrected chi connectivity index (χ4v) is 3.64. The van der Waals surface area contributed by atoms with Crippen LogP contribution in [-0.2, 0) is 9.53 Å². The highest BCUT2D eigenvalue weighted by Gasteiger charge is 2.14. The van der Waals surface area contributed by atoms with Gasteiger partial charge in [0.2, 0.25) is 5.91 Å². The Morgan fingerprint density at radius 2 is 1.87 bits per heavy atom. The molecule has 0 unspecified atom stereocenters. The number of esters is 1. The van der Waals surface area contributed by atoms with Crippen molar-refractivity contribution in [1.82, 2.24) is 5.32 Å². The Labute approximate surface area is 174 Å². The number of nitrogens with one attached hydrogen (secondary N) is 2. The first-order valence-electron chi connectivity index (χ1n) is 9.11. The van der Waals surface area contributed by atoms with Crippen molar-refractivity contribution in [3.05, 3.63) is 64.5 Å². The van der Waals surface area contributed by atoms with E-state index in [1.807, 2.05) is 0 Å². The van der Waals surface area contributed by atoms with Gasteiger partial charge in [0.25, 0.3) is 5.91 Å². The molecule has 0 atom stereocenters. The first kappa shape index (κ1) is 21.4. The molecular formula is C21H18F2N2O4S. The van der Waals surface area contributed by atoms with Crippen LogP contribution in [0.2, 0.25) is 0 Å². The fraction of sp³-hybridized carbons (Fsp3) is 0.190. The van der Waals surface area contributed by atoms with Crippen molar-refractivity contribution < 1.29 is 27.9 Å². The van der Waals surface area contributed by atoms with Crippen LogP contribution in [0, 0.1) is 11.6 Å². The number of carbonyl (C=O) groups excluding carboxylic acids is 3. The number of benzene rings is 2. The minimum Gasteiger partial charge on any atom is -0.462 e. The second-order valence-electron chi connectivity index (χ2n) is 6.26. The summed E-state index contributed by atoms with van der Waals surface area (Å²) in [7, 11) is 0. The summed E-state index contributed by atoms with van der Waals surface area (Å²) in [6.07, 6.45) is -0.0374. The van der Waals surface area contributed by atoms with Crippen molar-refractivity contribution in [3.8, 4) is 0 Å². The zero-order chi connectivity index (χ0) is 21.7. The molecule has 6 nitrogen and oxygen atoms in total. The van der Waals surface area contributed by atoms with Crippen LogP contribution >= 0.6 is 11.3 Å². The number of amides is 2. The third kappa shape index (κ3) is 5.18. The fourth-order valence-electron chi connectivity index (χ4n) is 2.71. The van der Waals surface area contributed by atoms with Gasteiger partial charge in [0, 0.05) is 29.4 Å². The number of rotatable bonds is 7. The van der Waals surface area contributed by atoms with Gasteiger partial charge in [-0.3, -0.25) is 9.59 Å². The molecule has 2 amide bonds. The maximum absolute atomic E-state index is 13.6. The number of hydrogen-bond donors (Lipinski definition) is 2. The molecule has 156 valence electrons. The molecule has 0 saturated heterocycles. The zero-order valence-electron chi connectivity index (χ0n) is 16.0. The highest BCUT2D eigenvalue weighted by molar-refractivity contribution is 7.20. The minimum atomic E-state index is -0.969. The van der Waals surface area contributed by atoms with Crippen LogP contribution in [0.1, 0.15) is 33.4 Å². The summed E-state index contributed by atoms with van der Waals surface area (Å²) in [5.41, 5.74) is 0.244. The van der Waals surface area contributed by atoms with Crippen LogP contribution in [0.4, 0.5) is 14.5 Å². The average Bonchev–Trinajstić information content (AvgIpc) is 3.11. The summed E-state index contributed by atoms with van der Waals surface area (Å²) in [5, 5.41) is 5.92. The van der Waals surface area contributed by atoms with Gasteiger partial charge in [0.1, 0.15) is 16.5 Å². The summed E-state index contributed by atoms with van der Waals surface area (Å²) < 4.78 is 32.4. The molecule has 0 saturated carbocycles. The number of carbonyl (C=O) groups is 3. The highest BCUT2D eigenvalue weighted by Crippen LogP contribution is 2.28. The predicted molar refractivity (Wildman–Crippen MR) is 110 cm³/mol. The van der Waals surface area contributed by atoms with E-state index in [0.29, 0.717) is 23.2 Å². The van der Waals surface area contributed by atoms with Gasteiger partial charge in [0.15, 0.2) is 0 Å². The van der Waals surface area contributed by atoms with E-state index in [2.05, 4.69) is 10.6 Å². The Balaban J connectivity index is 1.54. The SMILES string of the molecule is CCOC(=O)c1cc2cc(NC(=O)CCNC(=O)c3ccc(F)cc3F)ccc2s1. The van der Waals surface area contributed by atoms with Crippen molar-refractivity contribution in [2.75, 3.05) is 18.5 Å². The number of halogens is 2. The molecule has 30 heavy (non-hydrogen) atoms. The van der Waals surface area contributed by atoms with Crippen LogP contribution in [0.3, 0.4) is 0 Å². The molecule has 0 aliphatic heterocycles. The van der Waals surface area contributed by atoms with E-state index < -0.39 is 23.5 Å². The summed E-state index contributed by atoms with van der Waals surface area (Å²) >= 11 is 1.30. The lowest BCUT2D eigenvalue weighted by Crippen LogP contribution is -2.28. The zero-order valence-corrected chi connectivity index (χ0v) is 16.8. The molecule has 0 bridgehead atoms. The molecule has 1 heterocycles. The molecule has 0 fully saturated rings. The molecule has 0 spiro atoms. The molecule has 3 rings (SSSR count). The summed E-state index contributed by atoms with van der Waals surface area (Å²) in [6, 6.07) is 9.58. The molecular weight excluding hydrogens is 414 g/mol. The topological polar surface area (TPSA) is 84.5 Å². The first-order valence-corrected chi connectivity index (χ1v) is 9.93. The second-order valence-corrected chi connectivity index (χ2v) is 7.35. The Hall–Kier alpha value is -3.33. The largest absolute Gasteiger partial charge is 0.462 e. The van der Waals surface area contributed by atoms with Crippen LogP contribution in [-0.4, -0.2) is 30.9 Å². The Bertz CT molecular complexity index is 1110. The Kier molecular flexibility index (Phi) is 6.73. The maximum atomic E-state index is 13.6. The van der Waals surface area contributed by atoms with Crippen LogP contribution < -0.4 is 10.6 Å². The van der Waals surface area contributed by atoms with E-state index in [1.54, 1.807) is 31.2 Å². The van der Waals surface area contributed by atoms with E-state index in [0.717, 1.165) is 22.2 Å². The van der Waals surface area contributed by atoms with Crippen LogP contribution in [0.5, 0.6) is 0 Å². The Morgan fingerprint density at radius 1 is 1.07 bits per heavy atom. The number of hydrogen-bond acceptors (Lipinski definition) is 5. The third-order valence-corrected chi connectivity index (χ3v) is 5.19. The number of ether oxygens (including phenoxy) is 1. The molecule has 0 aliphatic carbocycles. The number of fused-ring (bicyclic) bond motifs is 1. The molecule has 2 N–H and O–H groups in total. The number of anilines is 1. The molecule has 9 heteroatoms. The van der Waals surface area contributed by atoms with Gasteiger partial charge in [-0.15, -0.1) is 11.3 Å². The van der Waals surface area contributed by atoms with Gasteiger partial charge >= 0.3 is 5.97 Å². The smallest absolute Gasteiger partial charge is 0.348 e. The van der Waals surface area contributed by atoms with Crippen molar-refractivity contribution in [2.45, 2.75) is 13.3 Å². The van der Waals surface area contributed by atoms with Gasteiger partial charge in [-0.05, 0) is 48.7 Å². The van der Waals surface area contributed by atoms with E-state index >= 15 is 0 Å². The second kappa shape index (κ2) is 9.45. The molecule has 2 aromatic carbocycles. The third-order valence-electron chi connectivity index (χ3n) is 4.09. The van der Waals surface area contributed by atoms with E-state index in [9.17, 15) is 23.2 Å². The van der Waals surface area contributed by atoms with E-state index in [4.69, 9.17) is 4.74 Å². The quantitative estimate of drug-likeness (QED) is 0.550. The van der Waals surface area contributed by atoms with Crippen molar-refractivity contribution in [3.63, 3.8) is 0 Å². The Morgan fingerprint density at radius 3 is 2.60 bits per heavy atom.